The molecule has 3 rings (SSSR count). The van der Waals surface area contributed by atoms with Gasteiger partial charge in [-0.1, -0.05) is 19.8 Å². The van der Waals surface area contributed by atoms with Crippen molar-refractivity contribution in [1.82, 2.24) is 19.5 Å². The predicted molar refractivity (Wildman–Crippen MR) is 80.4 cm³/mol. The molecule has 1 unspecified atom stereocenters. The molecule has 6 nitrogen and oxygen atoms in total. The summed E-state index contributed by atoms with van der Waals surface area (Å²) in [7, 11) is -3.14. The van der Waals surface area contributed by atoms with E-state index in [1.165, 1.54) is 19.1 Å². The molecule has 1 saturated heterocycles. The highest BCUT2D eigenvalue weighted by atomic mass is 32.2. The second-order valence-corrected chi connectivity index (χ2v) is 8.55. The van der Waals surface area contributed by atoms with Crippen molar-refractivity contribution in [3.05, 3.63) is 11.6 Å². The standard InChI is InChI=1S/C14H24N4O2S/c1-3-6-12-15-13(17-16-12)11-9-18(21(2,19)20)10-14(11)7-4-5-8-14/h11H,3-10H2,1-2H3,(H,15,16,17). The van der Waals surface area contributed by atoms with Gasteiger partial charge in [0.25, 0.3) is 0 Å². The van der Waals surface area contributed by atoms with Gasteiger partial charge in [0.2, 0.25) is 10.0 Å². The lowest BCUT2D eigenvalue weighted by Crippen LogP contribution is -2.30. The van der Waals surface area contributed by atoms with Crippen molar-refractivity contribution < 1.29 is 8.42 Å². The zero-order valence-corrected chi connectivity index (χ0v) is 13.6. The van der Waals surface area contributed by atoms with Gasteiger partial charge in [0.1, 0.15) is 5.82 Å². The van der Waals surface area contributed by atoms with Crippen molar-refractivity contribution in [2.24, 2.45) is 5.41 Å². The molecule has 1 aliphatic carbocycles. The first-order valence-electron chi connectivity index (χ1n) is 7.81. The molecule has 7 heteroatoms. The molecule has 118 valence electrons. The Labute approximate surface area is 126 Å². The molecule has 0 bridgehead atoms. The highest BCUT2D eigenvalue weighted by Gasteiger charge is 2.52. The van der Waals surface area contributed by atoms with E-state index in [9.17, 15) is 8.42 Å². The van der Waals surface area contributed by atoms with E-state index in [-0.39, 0.29) is 11.3 Å². The Kier molecular flexibility index (Phi) is 3.81. The minimum Gasteiger partial charge on any atom is -0.263 e. The van der Waals surface area contributed by atoms with Crippen molar-refractivity contribution in [2.75, 3.05) is 19.3 Å². The topological polar surface area (TPSA) is 79.0 Å². The number of hydrogen-bond acceptors (Lipinski definition) is 4. The molecule has 1 aliphatic heterocycles. The van der Waals surface area contributed by atoms with Gasteiger partial charge >= 0.3 is 0 Å². The summed E-state index contributed by atoms with van der Waals surface area (Å²) in [5, 5.41) is 7.41. The van der Waals surface area contributed by atoms with E-state index in [4.69, 9.17) is 0 Å². The molecule has 2 aliphatic rings. The van der Waals surface area contributed by atoms with Gasteiger partial charge in [-0.2, -0.15) is 5.10 Å². The molecule has 1 spiro atoms. The fraction of sp³-hybridized carbons (Fsp3) is 0.857. The number of H-pyrrole nitrogens is 1. The van der Waals surface area contributed by atoms with Crippen LogP contribution in [0.2, 0.25) is 0 Å². The van der Waals surface area contributed by atoms with Crippen LogP contribution >= 0.6 is 0 Å². The molecule has 2 fully saturated rings. The van der Waals surface area contributed by atoms with Crippen molar-refractivity contribution in [3.8, 4) is 0 Å². The Bertz CT molecular complexity index is 604. The van der Waals surface area contributed by atoms with Gasteiger partial charge in [0.15, 0.2) is 5.82 Å². The second kappa shape index (κ2) is 5.35. The van der Waals surface area contributed by atoms with E-state index in [0.29, 0.717) is 13.1 Å². The van der Waals surface area contributed by atoms with E-state index in [2.05, 4.69) is 22.1 Å². The summed E-state index contributed by atoms with van der Waals surface area (Å²) in [6.45, 7) is 3.28. The van der Waals surface area contributed by atoms with Crippen LogP contribution in [0, 0.1) is 5.41 Å². The number of hydrogen-bond donors (Lipinski definition) is 1. The minimum atomic E-state index is -3.14. The van der Waals surface area contributed by atoms with Gasteiger partial charge in [0.05, 0.1) is 6.26 Å². The number of aromatic amines is 1. The molecule has 1 aromatic heterocycles. The fourth-order valence-electron chi connectivity index (χ4n) is 3.93. The molecule has 0 aromatic carbocycles. The van der Waals surface area contributed by atoms with Crippen LogP contribution in [0.5, 0.6) is 0 Å². The lowest BCUT2D eigenvalue weighted by molar-refractivity contribution is 0.277. The first-order chi connectivity index (χ1) is 9.94. The first kappa shape index (κ1) is 15.0. The maximum Gasteiger partial charge on any atom is 0.211 e. The average molecular weight is 312 g/mol. The number of nitrogens with zero attached hydrogens (tertiary/aromatic N) is 3. The monoisotopic (exact) mass is 312 g/mol. The summed E-state index contributed by atoms with van der Waals surface area (Å²) >= 11 is 0. The van der Waals surface area contributed by atoms with Crippen molar-refractivity contribution in [1.29, 1.82) is 0 Å². The summed E-state index contributed by atoms with van der Waals surface area (Å²) in [6.07, 6.45) is 7.75. The first-order valence-corrected chi connectivity index (χ1v) is 9.66. The lowest BCUT2D eigenvalue weighted by atomic mass is 9.76. The molecule has 1 saturated carbocycles. The maximum atomic E-state index is 11.9. The summed E-state index contributed by atoms with van der Waals surface area (Å²) in [5.74, 6) is 1.86. The average Bonchev–Trinajstić information content (AvgIpc) is 3.11. The van der Waals surface area contributed by atoms with Gasteiger partial charge in [0, 0.05) is 25.4 Å². The lowest BCUT2D eigenvalue weighted by Gasteiger charge is -2.27. The van der Waals surface area contributed by atoms with Crippen molar-refractivity contribution >= 4 is 10.0 Å². The number of aromatic nitrogens is 3. The molecule has 0 radical (unpaired) electrons. The predicted octanol–water partition coefficient (Wildman–Crippen LogP) is 1.68. The zero-order chi connectivity index (χ0) is 15.1. The smallest absolute Gasteiger partial charge is 0.211 e. The largest absolute Gasteiger partial charge is 0.263 e. The Hall–Kier alpha value is -0.950. The van der Waals surface area contributed by atoms with Crippen LogP contribution in [-0.2, 0) is 16.4 Å². The van der Waals surface area contributed by atoms with Crippen LogP contribution in [0.1, 0.15) is 56.6 Å². The van der Waals surface area contributed by atoms with Gasteiger partial charge in [-0.25, -0.2) is 17.7 Å². The van der Waals surface area contributed by atoms with Crippen molar-refractivity contribution in [3.63, 3.8) is 0 Å². The summed E-state index contributed by atoms with van der Waals surface area (Å²) in [5.41, 5.74) is 0.0504. The molecule has 1 aromatic rings. The third-order valence-electron chi connectivity index (χ3n) is 5.03. The van der Waals surface area contributed by atoms with Crippen LogP contribution in [0.15, 0.2) is 0 Å². The van der Waals surface area contributed by atoms with Gasteiger partial charge in [-0.05, 0) is 24.7 Å². The van der Waals surface area contributed by atoms with Crippen LogP contribution < -0.4 is 0 Å². The van der Waals surface area contributed by atoms with Gasteiger partial charge in [-0.3, -0.25) is 5.10 Å². The minimum absolute atomic E-state index is 0.0504. The summed E-state index contributed by atoms with van der Waals surface area (Å²) in [6, 6.07) is 0. The molecule has 1 N–H and O–H groups in total. The normalized spacial score (nSPS) is 25.9. The third kappa shape index (κ3) is 2.73. The fourth-order valence-corrected chi connectivity index (χ4v) is 4.84. The molecule has 2 heterocycles. The van der Waals surface area contributed by atoms with E-state index in [1.54, 1.807) is 4.31 Å². The van der Waals surface area contributed by atoms with Crippen molar-refractivity contribution in [2.45, 2.75) is 51.4 Å². The highest BCUT2D eigenvalue weighted by molar-refractivity contribution is 7.88. The van der Waals surface area contributed by atoms with E-state index in [0.717, 1.165) is 37.3 Å². The van der Waals surface area contributed by atoms with Gasteiger partial charge < -0.3 is 0 Å². The van der Waals surface area contributed by atoms with E-state index >= 15 is 0 Å². The Morgan fingerprint density at radius 3 is 2.71 bits per heavy atom. The Balaban J connectivity index is 1.90. The molecular weight excluding hydrogens is 288 g/mol. The quantitative estimate of drug-likeness (QED) is 0.917. The molecular formula is C14H24N4O2S. The van der Waals surface area contributed by atoms with E-state index < -0.39 is 10.0 Å². The van der Waals surface area contributed by atoms with Crippen LogP contribution in [0.25, 0.3) is 0 Å². The van der Waals surface area contributed by atoms with Crippen LogP contribution in [-0.4, -0.2) is 47.2 Å². The molecule has 21 heavy (non-hydrogen) atoms. The number of aryl methyl sites for hydroxylation is 1. The third-order valence-corrected chi connectivity index (χ3v) is 6.25. The highest BCUT2D eigenvalue weighted by Crippen LogP contribution is 2.53. The second-order valence-electron chi connectivity index (χ2n) is 6.57. The Morgan fingerprint density at radius 2 is 2.10 bits per heavy atom. The molecule has 0 amide bonds. The number of nitrogens with one attached hydrogen (secondary N) is 1. The summed E-state index contributed by atoms with van der Waals surface area (Å²) in [4.78, 5) is 4.63. The zero-order valence-electron chi connectivity index (χ0n) is 12.8. The summed E-state index contributed by atoms with van der Waals surface area (Å²) < 4.78 is 25.5. The number of sulfonamides is 1. The maximum absolute atomic E-state index is 11.9. The molecule has 1 atom stereocenters. The SMILES string of the molecule is CCCc1nc(C2CN(S(C)(=O)=O)CC23CCCC3)n[nH]1. The Morgan fingerprint density at radius 1 is 1.38 bits per heavy atom. The van der Waals surface area contributed by atoms with Gasteiger partial charge in [-0.15, -0.1) is 0 Å². The van der Waals surface area contributed by atoms with E-state index in [1.807, 2.05) is 0 Å². The van der Waals surface area contributed by atoms with Crippen LogP contribution in [0.4, 0.5) is 0 Å². The van der Waals surface area contributed by atoms with Crippen LogP contribution in [0.3, 0.4) is 0 Å². The number of rotatable bonds is 4.